The molecule has 0 aromatic heterocycles. The zero-order valence-corrected chi connectivity index (χ0v) is 13.9. The summed E-state index contributed by atoms with van der Waals surface area (Å²) in [4.78, 5) is 12.1. The summed E-state index contributed by atoms with van der Waals surface area (Å²) in [5.41, 5.74) is 1.51. The first-order chi connectivity index (χ1) is 11.5. The fraction of sp³-hybridized carbons (Fsp3) is 0.211. The normalized spacial score (nSPS) is 12.0. The van der Waals surface area contributed by atoms with E-state index < -0.39 is 0 Å². The van der Waals surface area contributed by atoms with Crippen molar-refractivity contribution in [1.29, 1.82) is 0 Å². The Balaban J connectivity index is 2.09. The maximum absolute atomic E-state index is 12.9. The minimum absolute atomic E-state index is 0.234. The molecule has 4 nitrogen and oxygen atoms in total. The molecule has 0 saturated heterocycles. The maximum Gasteiger partial charge on any atom is 0.244 e. The number of carbonyl (C=O) groups excluding carboxylic acids is 1. The van der Waals surface area contributed by atoms with Crippen LogP contribution in [0.15, 0.2) is 48.5 Å². The van der Waals surface area contributed by atoms with Crippen molar-refractivity contribution in [2.75, 3.05) is 14.2 Å². The van der Waals surface area contributed by atoms with Gasteiger partial charge in [0.1, 0.15) is 17.3 Å². The molecular formula is C19H20FNO3. The third kappa shape index (κ3) is 4.35. The summed E-state index contributed by atoms with van der Waals surface area (Å²) in [5.74, 6) is 0.662. The van der Waals surface area contributed by atoms with Crippen molar-refractivity contribution in [2.24, 2.45) is 0 Å². The van der Waals surface area contributed by atoms with Crippen LogP contribution in [0.2, 0.25) is 0 Å². The highest BCUT2D eigenvalue weighted by molar-refractivity contribution is 5.92. The molecule has 0 bridgehead atoms. The van der Waals surface area contributed by atoms with E-state index in [0.717, 1.165) is 5.56 Å². The quantitative estimate of drug-likeness (QED) is 0.822. The van der Waals surface area contributed by atoms with E-state index in [1.807, 2.05) is 13.0 Å². The Morgan fingerprint density at radius 2 is 1.67 bits per heavy atom. The van der Waals surface area contributed by atoms with Gasteiger partial charge in [-0.1, -0.05) is 18.2 Å². The van der Waals surface area contributed by atoms with E-state index >= 15 is 0 Å². The molecule has 0 aliphatic carbocycles. The Labute approximate surface area is 140 Å². The molecule has 0 radical (unpaired) electrons. The Morgan fingerprint density at radius 1 is 1.08 bits per heavy atom. The lowest BCUT2D eigenvalue weighted by molar-refractivity contribution is -0.117. The van der Waals surface area contributed by atoms with Crippen LogP contribution in [-0.4, -0.2) is 20.1 Å². The predicted molar refractivity (Wildman–Crippen MR) is 91.5 cm³/mol. The SMILES string of the molecule is COc1cccc(OC)c1/C=C/C(=O)NC(C)c1ccc(F)cc1. The van der Waals surface area contributed by atoms with Gasteiger partial charge < -0.3 is 14.8 Å². The molecule has 0 saturated carbocycles. The van der Waals surface area contributed by atoms with Gasteiger partial charge in [-0.2, -0.15) is 0 Å². The van der Waals surface area contributed by atoms with Gasteiger partial charge in [0.2, 0.25) is 5.91 Å². The lowest BCUT2D eigenvalue weighted by Gasteiger charge is -2.13. The van der Waals surface area contributed by atoms with Crippen LogP contribution >= 0.6 is 0 Å². The zero-order valence-electron chi connectivity index (χ0n) is 13.9. The third-order valence-corrected chi connectivity index (χ3v) is 3.60. The van der Waals surface area contributed by atoms with E-state index in [0.29, 0.717) is 17.1 Å². The second kappa shape index (κ2) is 8.15. The minimum atomic E-state index is -0.305. The maximum atomic E-state index is 12.9. The minimum Gasteiger partial charge on any atom is -0.496 e. The predicted octanol–water partition coefficient (Wildman–Crippen LogP) is 3.73. The molecule has 0 spiro atoms. The topological polar surface area (TPSA) is 47.6 Å². The molecule has 24 heavy (non-hydrogen) atoms. The number of rotatable bonds is 6. The van der Waals surface area contributed by atoms with Crippen molar-refractivity contribution in [3.8, 4) is 11.5 Å². The first-order valence-electron chi connectivity index (χ1n) is 7.50. The van der Waals surface area contributed by atoms with Crippen molar-refractivity contribution in [3.05, 3.63) is 65.5 Å². The van der Waals surface area contributed by atoms with Gasteiger partial charge in [-0.15, -0.1) is 0 Å². The van der Waals surface area contributed by atoms with Gasteiger partial charge in [-0.25, -0.2) is 4.39 Å². The molecule has 0 heterocycles. The summed E-state index contributed by atoms with van der Waals surface area (Å²) >= 11 is 0. The Bertz CT molecular complexity index is 704. The third-order valence-electron chi connectivity index (χ3n) is 3.60. The van der Waals surface area contributed by atoms with E-state index in [9.17, 15) is 9.18 Å². The molecule has 1 unspecified atom stereocenters. The Hall–Kier alpha value is -2.82. The van der Waals surface area contributed by atoms with Gasteiger partial charge in [0.25, 0.3) is 0 Å². The molecule has 5 heteroatoms. The zero-order chi connectivity index (χ0) is 17.5. The number of methoxy groups -OCH3 is 2. The van der Waals surface area contributed by atoms with Crippen molar-refractivity contribution in [3.63, 3.8) is 0 Å². The van der Waals surface area contributed by atoms with Crippen LogP contribution in [0.4, 0.5) is 4.39 Å². The highest BCUT2D eigenvalue weighted by Crippen LogP contribution is 2.29. The number of hydrogen-bond acceptors (Lipinski definition) is 3. The van der Waals surface area contributed by atoms with Gasteiger partial charge >= 0.3 is 0 Å². The van der Waals surface area contributed by atoms with Gasteiger partial charge in [0.05, 0.1) is 25.8 Å². The molecule has 0 aliphatic rings. The number of carbonyl (C=O) groups is 1. The first-order valence-corrected chi connectivity index (χ1v) is 7.50. The second-order valence-corrected chi connectivity index (χ2v) is 5.19. The summed E-state index contributed by atoms with van der Waals surface area (Å²) in [5, 5.41) is 2.83. The molecule has 2 aromatic carbocycles. The van der Waals surface area contributed by atoms with Crippen LogP contribution in [0.3, 0.4) is 0 Å². The smallest absolute Gasteiger partial charge is 0.244 e. The standard InChI is InChI=1S/C19H20FNO3/c1-13(14-7-9-15(20)10-8-14)21-19(22)12-11-16-17(23-2)5-4-6-18(16)24-3/h4-13H,1-3H3,(H,21,22)/b12-11+. The molecule has 1 amide bonds. The lowest BCUT2D eigenvalue weighted by Crippen LogP contribution is -2.24. The number of halogens is 1. The van der Waals surface area contributed by atoms with Gasteiger partial charge in [0, 0.05) is 6.08 Å². The van der Waals surface area contributed by atoms with E-state index in [2.05, 4.69) is 5.32 Å². The second-order valence-electron chi connectivity index (χ2n) is 5.19. The molecule has 0 aliphatic heterocycles. The number of amides is 1. The van der Waals surface area contributed by atoms with E-state index in [1.54, 1.807) is 44.6 Å². The number of ether oxygens (including phenoxy) is 2. The summed E-state index contributed by atoms with van der Waals surface area (Å²) in [6.45, 7) is 1.84. The van der Waals surface area contributed by atoms with E-state index in [-0.39, 0.29) is 17.8 Å². The van der Waals surface area contributed by atoms with E-state index in [1.165, 1.54) is 18.2 Å². The largest absolute Gasteiger partial charge is 0.496 e. The first kappa shape index (κ1) is 17.5. The van der Waals surface area contributed by atoms with Crippen molar-refractivity contribution < 1.29 is 18.7 Å². The van der Waals surface area contributed by atoms with E-state index in [4.69, 9.17) is 9.47 Å². The molecule has 126 valence electrons. The average Bonchev–Trinajstić information content (AvgIpc) is 2.59. The van der Waals surface area contributed by atoms with Crippen LogP contribution in [-0.2, 0) is 4.79 Å². The highest BCUT2D eigenvalue weighted by Gasteiger charge is 2.10. The fourth-order valence-electron chi connectivity index (χ4n) is 2.30. The number of benzene rings is 2. The summed E-state index contributed by atoms with van der Waals surface area (Å²) in [6, 6.07) is 11.2. The van der Waals surface area contributed by atoms with Crippen LogP contribution in [0.5, 0.6) is 11.5 Å². The van der Waals surface area contributed by atoms with Crippen molar-refractivity contribution in [2.45, 2.75) is 13.0 Å². The average molecular weight is 329 g/mol. The Morgan fingerprint density at radius 3 is 2.21 bits per heavy atom. The lowest BCUT2D eigenvalue weighted by atomic mass is 10.1. The molecule has 1 atom stereocenters. The summed E-state index contributed by atoms with van der Waals surface area (Å²) < 4.78 is 23.5. The molecular weight excluding hydrogens is 309 g/mol. The number of hydrogen-bond donors (Lipinski definition) is 1. The van der Waals surface area contributed by atoms with Crippen LogP contribution in [0.25, 0.3) is 6.08 Å². The monoisotopic (exact) mass is 329 g/mol. The van der Waals surface area contributed by atoms with Crippen molar-refractivity contribution >= 4 is 12.0 Å². The summed E-state index contributed by atoms with van der Waals surface area (Å²) in [7, 11) is 3.12. The van der Waals surface area contributed by atoms with Gasteiger partial charge in [0.15, 0.2) is 0 Å². The van der Waals surface area contributed by atoms with Gasteiger partial charge in [-0.3, -0.25) is 4.79 Å². The molecule has 1 N–H and O–H groups in total. The molecule has 0 fully saturated rings. The van der Waals surface area contributed by atoms with Crippen LogP contribution in [0, 0.1) is 5.82 Å². The molecule has 2 rings (SSSR count). The Kier molecular flexibility index (Phi) is 5.95. The molecule has 2 aromatic rings. The fourth-order valence-corrected chi connectivity index (χ4v) is 2.30. The van der Waals surface area contributed by atoms with Crippen molar-refractivity contribution in [1.82, 2.24) is 5.32 Å². The highest BCUT2D eigenvalue weighted by atomic mass is 19.1. The van der Waals surface area contributed by atoms with Gasteiger partial charge in [-0.05, 0) is 42.8 Å². The summed E-state index contributed by atoms with van der Waals surface area (Å²) in [6.07, 6.45) is 3.06. The number of nitrogens with one attached hydrogen (secondary N) is 1. The van der Waals surface area contributed by atoms with Crippen LogP contribution < -0.4 is 14.8 Å². The van der Waals surface area contributed by atoms with Crippen LogP contribution in [0.1, 0.15) is 24.1 Å².